The highest BCUT2D eigenvalue weighted by Crippen LogP contribution is 1.96. The molecule has 0 N–H and O–H groups in total. The SMILES string of the molecule is C=C(CC)C(=O)OC.Cl.Cl. The van der Waals surface area contributed by atoms with Gasteiger partial charge in [0, 0.05) is 5.57 Å². The third-order valence-corrected chi connectivity index (χ3v) is 0.901. The van der Waals surface area contributed by atoms with E-state index in [1.807, 2.05) is 6.92 Å². The molecule has 0 aliphatic carbocycles. The lowest BCUT2D eigenvalue weighted by atomic mass is 10.2. The summed E-state index contributed by atoms with van der Waals surface area (Å²) in [6.07, 6.45) is 0.659. The Kier molecular flexibility index (Phi) is 14.4. The standard InChI is InChI=1S/C6H10O2.2ClH/c1-4-5(2)6(7)8-3;;/h2,4H2,1,3H3;2*1H. The second kappa shape index (κ2) is 8.79. The molecule has 0 rings (SSSR count). The van der Waals surface area contributed by atoms with E-state index >= 15 is 0 Å². The van der Waals surface area contributed by atoms with Gasteiger partial charge in [-0.15, -0.1) is 24.8 Å². The maximum atomic E-state index is 10.4. The predicted octanol–water partition coefficient (Wildman–Crippen LogP) is 1.97. The fourth-order valence-corrected chi connectivity index (χ4v) is 0.289. The van der Waals surface area contributed by atoms with E-state index in [9.17, 15) is 4.79 Å². The average molecular weight is 187 g/mol. The molecule has 0 fully saturated rings. The molecule has 0 aliphatic rings. The monoisotopic (exact) mass is 186 g/mol. The summed E-state index contributed by atoms with van der Waals surface area (Å²) in [7, 11) is 1.35. The van der Waals surface area contributed by atoms with Crippen molar-refractivity contribution in [2.75, 3.05) is 7.11 Å². The van der Waals surface area contributed by atoms with Crippen LogP contribution < -0.4 is 0 Å². The van der Waals surface area contributed by atoms with Crippen LogP contribution >= 0.6 is 24.8 Å². The number of carbonyl (C=O) groups is 1. The third-order valence-electron chi connectivity index (χ3n) is 0.901. The first kappa shape index (κ1) is 16.4. The number of hydrogen-bond acceptors (Lipinski definition) is 2. The minimum Gasteiger partial charge on any atom is -0.466 e. The number of carbonyl (C=O) groups excluding carboxylic acids is 1. The van der Waals surface area contributed by atoms with Gasteiger partial charge in [-0.3, -0.25) is 0 Å². The Balaban J connectivity index is -0.000000245. The van der Waals surface area contributed by atoms with E-state index in [1.54, 1.807) is 0 Å². The molecule has 0 aromatic heterocycles. The number of hydrogen-bond donors (Lipinski definition) is 0. The molecular weight excluding hydrogens is 175 g/mol. The van der Waals surface area contributed by atoms with Gasteiger partial charge in [0.1, 0.15) is 0 Å². The van der Waals surface area contributed by atoms with Crippen LogP contribution in [0.2, 0.25) is 0 Å². The minimum absolute atomic E-state index is 0. The van der Waals surface area contributed by atoms with Crippen molar-refractivity contribution in [1.82, 2.24) is 0 Å². The van der Waals surface area contributed by atoms with Crippen LogP contribution in [0.5, 0.6) is 0 Å². The van der Waals surface area contributed by atoms with Crippen LogP contribution in [0.3, 0.4) is 0 Å². The van der Waals surface area contributed by atoms with E-state index in [0.29, 0.717) is 12.0 Å². The molecule has 4 heteroatoms. The van der Waals surface area contributed by atoms with E-state index in [0.717, 1.165) is 0 Å². The Labute approximate surface area is 73.5 Å². The van der Waals surface area contributed by atoms with E-state index in [1.165, 1.54) is 7.11 Å². The number of rotatable bonds is 2. The Hall–Kier alpha value is -0.210. The normalized spacial score (nSPS) is 6.60. The summed E-state index contributed by atoms with van der Waals surface area (Å²) in [5.74, 6) is -0.312. The van der Waals surface area contributed by atoms with Gasteiger partial charge in [0.05, 0.1) is 7.11 Å². The van der Waals surface area contributed by atoms with Crippen molar-refractivity contribution in [2.45, 2.75) is 13.3 Å². The van der Waals surface area contributed by atoms with Crippen molar-refractivity contribution in [2.24, 2.45) is 0 Å². The fraction of sp³-hybridized carbons (Fsp3) is 0.500. The topological polar surface area (TPSA) is 26.3 Å². The quantitative estimate of drug-likeness (QED) is 0.488. The summed E-state index contributed by atoms with van der Waals surface area (Å²) < 4.78 is 4.36. The van der Waals surface area contributed by atoms with Crippen LogP contribution in [0, 0.1) is 0 Å². The van der Waals surface area contributed by atoms with Crippen molar-refractivity contribution in [3.63, 3.8) is 0 Å². The number of methoxy groups -OCH3 is 1. The summed E-state index contributed by atoms with van der Waals surface area (Å²) >= 11 is 0. The van der Waals surface area contributed by atoms with Crippen LogP contribution in [0.1, 0.15) is 13.3 Å². The number of ether oxygens (including phenoxy) is 1. The lowest BCUT2D eigenvalue weighted by Gasteiger charge is -1.95. The van der Waals surface area contributed by atoms with E-state index < -0.39 is 0 Å². The molecule has 0 aliphatic heterocycles. The summed E-state index contributed by atoms with van der Waals surface area (Å²) in [5, 5.41) is 0. The van der Waals surface area contributed by atoms with E-state index in [4.69, 9.17) is 0 Å². The maximum Gasteiger partial charge on any atom is 0.333 e. The Morgan fingerprint density at radius 3 is 2.00 bits per heavy atom. The van der Waals surface area contributed by atoms with Gasteiger partial charge in [0.25, 0.3) is 0 Å². The highest BCUT2D eigenvalue weighted by Gasteiger charge is 2.00. The van der Waals surface area contributed by atoms with Gasteiger partial charge in [-0.2, -0.15) is 0 Å². The third kappa shape index (κ3) is 5.92. The van der Waals surface area contributed by atoms with Crippen LogP contribution in [0.4, 0.5) is 0 Å². The fourth-order valence-electron chi connectivity index (χ4n) is 0.289. The Bertz CT molecular complexity index is 98.3. The zero-order chi connectivity index (χ0) is 6.57. The van der Waals surface area contributed by atoms with Gasteiger partial charge in [0.2, 0.25) is 0 Å². The molecular formula is C6H12Cl2O2. The molecule has 0 heterocycles. The zero-order valence-corrected chi connectivity index (χ0v) is 7.68. The van der Waals surface area contributed by atoms with Gasteiger partial charge < -0.3 is 4.74 Å². The Morgan fingerprint density at radius 1 is 1.50 bits per heavy atom. The van der Waals surface area contributed by atoms with Crippen molar-refractivity contribution >= 4 is 30.8 Å². The molecule has 0 radical (unpaired) electrons. The van der Waals surface area contributed by atoms with Crippen LogP contribution in [0.25, 0.3) is 0 Å². The van der Waals surface area contributed by atoms with Gasteiger partial charge in [-0.1, -0.05) is 13.5 Å². The molecule has 0 atom stereocenters. The average Bonchev–Trinajstić information content (AvgIpc) is 1.84. The first-order chi connectivity index (χ1) is 3.72. The van der Waals surface area contributed by atoms with Gasteiger partial charge in [-0.05, 0) is 6.42 Å². The molecule has 0 aromatic rings. The highest BCUT2D eigenvalue weighted by molar-refractivity contribution is 5.87. The zero-order valence-electron chi connectivity index (χ0n) is 6.05. The lowest BCUT2D eigenvalue weighted by molar-refractivity contribution is -0.136. The molecule has 0 unspecified atom stereocenters. The minimum atomic E-state index is -0.312. The first-order valence-electron chi connectivity index (χ1n) is 2.48. The summed E-state index contributed by atoms with van der Waals surface area (Å²) in [6.45, 7) is 5.33. The highest BCUT2D eigenvalue weighted by atomic mass is 35.5. The molecule has 2 nitrogen and oxygen atoms in total. The van der Waals surface area contributed by atoms with Gasteiger partial charge >= 0.3 is 5.97 Å². The number of esters is 1. The van der Waals surface area contributed by atoms with Crippen molar-refractivity contribution in [3.8, 4) is 0 Å². The maximum absolute atomic E-state index is 10.4. The molecule has 0 saturated heterocycles. The molecule has 0 bridgehead atoms. The van der Waals surface area contributed by atoms with Crippen LogP contribution in [-0.4, -0.2) is 13.1 Å². The summed E-state index contributed by atoms with van der Waals surface area (Å²) in [6, 6.07) is 0. The van der Waals surface area contributed by atoms with Gasteiger partial charge in [-0.25, -0.2) is 4.79 Å². The molecule has 0 amide bonds. The van der Waals surface area contributed by atoms with Crippen LogP contribution in [0.15, 0.2) is 12.2 Å². The summed E-state index contributed by atoms with van der Waals surface area (Å²) in [4.78, 5) is 10.4. The number of halogens is 2. The van der Waals surface area contributed by atoms with Crippen molar-refractivity contribution < 1.29 is 9.53 Å². The lowest BCUT2D eigenvalue weighted by Crippen LogP contribution is -2.01. The second-order valence-electron chi connectivity index (χ2n) is 1.45. The first-order valence-corrected chi connectivity index (χ1v) is 2.48. The summed E-state index contributed by atoms with van der Waals surface area (Å²) in [5.41, 5.74) is 0.521. The largest absolute Gasteiger partial charge is 0.466 e. The van der Waals surface area contributed by atoms with Crippen LogP contribution in [-0.2, 0) is 9.53 Å². The molecule has 10 heavy (non-hydrogen) atoms. The van der Waals surface area contributed by atoms with Gasteiger partial charge in [0.15, 0.2) is 0 Å². The molecule has 0 spiro atoms. The predicted molar refractivity (Wildman–Crippen MR) is 45.9 cm³/mol. The second-order valence-corrected chi connectivity index (χ2v) is 1.45. The smallest absolute Gasteiger partial charge is 0.333 e. The van der Waals surface area contributed by atoms with Crippen molar-refractivity contribution in [1.29, 1.82) is 0 Å². The Morgan fingerprint density at radius 2 is 1.90 bits per heavy atom. The van der Waals surface area contributed by atoms with E-state index in [-0.39, 0.29) is 30.8 Å². The molecule has 0 saturated carbocycles. The van der Waals surface area contributed by atoms with Crippen molar-refractivity contribution in [3.05, 3.63) is 12.2 Å². The molecule has 0 aromatic carbocycles. The molecule has 62 valence electrons. The van der Waals surface area contributed by atoms with E-state index in [2.05, 4.69) is 11.3 Å².